The minimum absolute atomic E-state index is 0.558. The first kappa shape index (κ1) is 21.9. The van der Waals surface area contributed by atoms with E-state index in [4.69, 9.17) is 20.4 Å². The number of rotatable bonds is 4. The van der Waals surface area contributed by atoms with E-state index < -0.39 is 23.9 Å². The minimum Gasteiger partial charge on any atom is -0.478 e. The molecule has 0 saturated heterocycles. The van der Waals surface area contributed by atoms with E-state index in [1.54, 1.807) is 6.33 Å². The molecule has 10 nitrogen and oxygen atoms in total. The zero-order valence-electron chi connectivity index (χ0n) is 13.1. The number of nitrogens with zero attached hydrogens (tertiary/aromatic N) is 2. The average molecular weight is 362 g/mol. The second-order valence-corrected chi connectivity index (χ2v) is 4.10. The summed E-state index contributed by atoms with van der Waals surface area (Å²) in [6.45, 7) is 0. The van der Waals surface area contributed by atoms with Crippen molar-refractivity contribution in [3.8, 4) is 0 Å². The van der Waals surface area contributed by atoms with E-state index in [2.05, 4.69) is 9.97 Å². The fourth-order valence-corrected chi connectivity index (χ4v) is 1.21. The lowest BCUT2D eigenvalue weighted by Gasteiger charge is -1.90. The number of carboxylic acids is 4. The van der Waals surface area contributed by atoms with Crippen molar-refractivity contribution in [2.24, 2.45) is 0 Å². The van der Waals surface area contributed by atoms with Crippen LogP contribution in [0.5, 0.6) is 0 Å². The van der Waals surface area contributed by atoms with Gasteiger partial charge in [-0.25, -0.2) is 29.1 Å². The molecular formula is C16H14N2O8. The molecule has 10 heteroatoms. The Kier molecular flexibility index (Phi) is 10.4. The van der Waals surface area contributed by atoms with E-state index >= 15 is 0 Å². The van der Waals surface area contributed by atoms with E-state index in [9.17, 15) is 19.2 Å². The van der Waals surface area contributed by atoms with Gasteiger partial charge in [0.15, 0.2) is 0 Å². The number of hydrogen-bond acceptors (Lipinski definition) is 6. The lowest BCUT2D eigenvalue weighted by molar-refractivity contribution is -0.134. The maximum atomic E-state index is 9.55. The minimum atomic E-state index is -1.26. The highest BCUT2D eigenvalue weighted by Crippen LogP contribution is 2.06. The summed E-state index contributed by atoms with van der Waals surface area (Å²) in [5, 5.41) is 32.3. The maximum absolute atomic E-state index is 9.55. The van der Waals surface area contributed by atoms with Gasteiger partial charge in [-0.15, -0.1) is 0 Å². The molecule has 4 N–H and O–H groups in total. The van der Waals surface area contributed by atoms with Gasteiger partial charge in [0.1, 0.15) is 6.33 Å². The summed E-state index contributed by atoms with van der Waals surface area (Å²) in [6, 6.07) is 7.91. The predicted molar refractivity (Wildman–Crippen MR) is 88.4 cm³/mol. The van der Waals surface area contributed by atoms with Crippen molar-refractivity contribution < 1.29 is 39.6 Å². The summed E-state index contributed by atoms with van der Waals surface area (Å²) >= 11 is 0. The van der Waals surface area contributed by atoms with Crippen LogP contribution in [-0.2, 0) is 19.2 Å². The highest BCUT2D eigenvalue weighted by atomic mass is 16.4. The van der Waals surface area contributed by atoms with Gasteiger partial charge >= 0.3 is 23.9 Å². The van der Waals surface area contributed by atoms with Crippen molar-refractivity contribution in [1.82, 2.24) is 9.97 Å². The molecule has 2 rings (SSSR count). The molecule has 0 unspecified atom stereocenters. The summed E-state index contributed by atoms with van der Waals surface area (Å²) < 4.78 is 0. The Morgan fingerprint density at radius 2 is 1.15 bits per heavy atom. The van der Waals surface area contributed by atoms with Gasteiger partial charge in [-0.3, -0.25) is 0 Å². The fraction of sp³-hybridized carbons (Fsp3) is 0. The molecular weight excluding hydrogens is 348 g/mol. The molecule has 136 valence electrons. The van der Waals surface area contributed by atoms with Crippen LogP contribution >= 0.6 is 0 Å². The number of carboxylic acid groups (broad SMARTS) is 4. The van der Waals surface area contributed by atoms with E-state index in [0.29, 0.717) is 24.3 Å². The van der Waals surface area contributed by atoms with Crippen molar-refractivity contribution in [3.63, 3.8) is 0 Å². The number of carbonyl (C=O) groups is 4. The zero-order chi connectivity index (χ0) is 19.9. The molecule has 1 aromatic carbocycles. The summed E-state index contributed by atoms with van der Waals surface area (Å²) in [5.41, 5.74) is 0.998. The monoisotopic (exact) mass is 362 g/mol. The smallest absolute Gasteiger partial charge is 0.328 e. The summed E-state index contributed by atoms with van der Waals surface area (Å²) in [7, 11) is 0. The van der Waals surface area contributed by atoms with Gasteiger partial charge in [0.25, 0.3) is 0 Å². The third-order valence-corrected chi connectivity index (χ3v) is 2.15. The highest BCUT2D eigenvalue weighted by molar-refractivity contribution is 5.90. The van der Waals surface area contributed by atoms with Gasteiger partial charge in [0.2, 0.25) is 0 Å². The van der Waals surface area contributed by atoms with Crippen molar-refractivity contribution in [2.75, 3.05) is 0 Å². The Morgan fingerprint density at radius 1 is 0.731 bits per heavy atom. The van der Waals surface area contributed by atoms with Gasteiger partial charge < -0.3 is 20.4 Å². The number of fused-ring (bicyclic) bond motifs is 1. The molecule has 0 saturated carbocycles. The van der Waals surface area contributed by atoms with Crippen LogP contribution in [0.1, 0.15) is 0 Å². The number of aliphatic carboxylic acids is 4. The SMILES string of the molecule is O=C(O)/C=C\C(=O)O.O=C(O)/C=C\C(=O)O.c1ccc2ncncc2c1. The Balaban J connectivity index is 0.000000366. The van der Waals surface area contributed by atoms with E-state index in [0.717, 1.165) is 10.9 Å². The molecule has 0 aliphatic carbocycles. The quantitative estimate of drug-likeness (QED) is 0.575. The molecule has 0 amide bonds. The second kappa shape index (κ2) is 12.4. The number of para-hydroxylation sites is 1. The molecule has 0 aliphatic heterocycles. The van der Waals surface area contributed by atoms with Gasteiger partial charge in [-0.2, -0.15) is 0 Å². The zero-order valence-corrected chi connectivity index (χ0v) is 13.1. The first-order chi connectivity index (χ1) is 12.2. The van der Waals surface area contributed by atoms with Gasteiger partial charge in [0.05, 0.1) is 5.52 Å². The summed E-state index contributed by atoms with van der Waals surface area (Å²) in [5.74, 6) is -5.03. The summed E-state index contributed by atoms with van der Waals surface area (Å²) in [4.78, 5) is 46.2. The molecule has 1 aromatic heterocycles. The molecule has 0 spiro atoms. The van der Waals surface area contributed by atoms with Crippen LogP contribution in [0, 0.1) is 0 Å². The maximum Gasteiger partial charge on any atom is 0.328 e. The van der Waals surface area contributed by atoms with E-state index in [-0.39, 0.29) is 0 Å². The van der Waals surface area contributed by atoms with Crippen LogP contribution in [0.3, 0.4) is 0 Å². The van der Waals surface area contributed by atoms with Crippen LogP contribution in [0.25, 0.3) is 10.9 Å². The lowest BCUT2D eigenvalue weighted by Crippen LogP contribution is -1.91. The van der Waals surface area contributed by atoms with Crippen molar-refractivity contribution >= 4 is 34.8 Å². The van der Waals surface area contributed by atoms with Crippen molar-refractivity contribution in [1.29, 1.82) is 0 Å². The molecule has 0 aliphatic rings. The largest absolute Gasteiger partial charge is 0.478 e. The molecule has 2 aromatic rings. The first-order valence-corrected chi connectivity index (χ1v) is 6.65. The topological polar surface area (TPSA) is 175 Å². The van der Waals surface area contributed by atoms with Crippen LogP contribution in [-0.4, -0.2) is 54.3 Å². The van der Waals surface area contributed by atoms with Gasteiger partial charge in [0, 0.05) is 35.9 Å². The number of aromatic nitrogens is 2. The first-order valence-electron chi connectivity index (χ1n) is 6.65. The van der Waals surface area contributed by atoms with E-state index in [1.165, 1.54) is 0 Å². The van der Waals surface area contributed by atoms with Crippen LogP contribution < -0.4 is 0 Å². The van der Waals surface area contributed by atoms with Crippen molar-refractivity contribution in [3.05, 3.63) is 61.1 Å². The highest BCUT2D eigenvalue weighted by Gasteiger charge is 1.89. The number of hydrogen-bond donors (Lipinski definition) is 4. The molecule has 0 bridgehead atoms. The Hall–Kier alpha value is -4.08. The molecule has 26 heavy (non-hydrogen) atoms. The predicted octanol–water partition coefficient (Wildman–Crippen LogP) is 1.05. The summed E-state index contributed by atoms with van der Waals surface area (Å²) in [6.07, 6.45) is 5.60. The number of benzene rings is 1. The van der Waals surface area contributed by atoms with Gasteiger partial charge in [-0.1, -0.05) is 18.2 Å². The van der Waals surface area contributed by atoms with Gasteiger partial charge in [-0.05, 0) is 6.07 Å². The third kappa shape index (κ3) is 12.5. The molecule has 0 fully saturated rings. The molecule has 1 heterocycles. The van der Waals surface area contributed by atoms with E-state index in [1.807, 2.05) is 30.5 Å². The van der Waals surface area contributed by atoms with Crippen molar-refractivity contribution in [2.45, 2.75) is 0 Å². The van der Waals surface area contributed by atoms with Crippen LogP contribution in [0.2, 0.25) is 0 Å². The standard InChI is InChI=1S/C8H6N2.2C4H4O4/c1-2-4-8-7(3-1)5-9-6-10-8;2*5-3(6)1-2-4(7)8/h1-6H;2*1-2H,(H,5,6)(H,7,8)/b;2*2-1-. The fourth-order valence-electron chi connectivity index (χ4n) is 1.21. The normalized spacial score (nSPS) is 9.69. The van der Waals surface area contributed by atoms with Crippen LogP contribution in [0.15, 0.2) is 61.1 Å². The third-order valence-electron chi connectivity index (χ3n) is 2.15. The Bertz CT molecular complexity index is 698. The molecule has 0 radical (unpaired) electrons. The Labute approximate surface area is 146 Å². The Morgan fingerprint density at radius 3 is 1.54 bits per heavy atom. The lowest BCUT2D eigenvalue weighted by atomic mass is 10.2. The van der Waals surface area contributed by atoms with Crippen LogP contribution in [0.4, 0.5) is 0 Å². The molecule has 0 atom stereocenters. The second-order valence-electron chi connectivity index (χ2n) is 4.10. The average Bonchev–Trinajstić information content (AvgIpc) is 2.59.